The predicted molar refractivity (Wildman–Crippen MR) is 94.0 cm³/mol. The van der Waals surface area contributed by atoms with Gasteiger partial charge in [0.05, 0.1) is 17.6 Å². The van der Waals surface area contributed by atoms with Crippen LogP contribution in [0.5, 0.6) is 0 Å². The summed E-state index contributed by atoms with van der Waals surface area (Å²) in [6.07, 6.45) is 1.63. The van der Waals surface area contributed by atoms with Crippen molar-refractivity contribution in [3.63, 3.8) is 0 Å². The van der Waals surface area contributed by atoms with Crippen LogP contribution < -0.4 is 5.32 Å². The summed E-state index contributed by atoms with van der Waals surface area (Å²) in [7, 11) is 1.88. The van der Waals surface area contributed by atoms with Crippen LogP contribution in [0, 0.1) is 13.8 Å². The van der Waals surface area contributed by atoms with Gasteiger partial charge in [0.25, 0.3) is 0 Å². The van der Waals surface area contributed by atoms with E-state index >= 15 is 0 Å². The highest BCUT2D eigenvalue weighted by atomic mass is 32.2. The minimum absolute atomic E-state index is 0.0760. The van der Waals surface area contributed by atoms with Gasteiger partial charge in [0.15, 0.2) is 11.0 Å². The lowest BCUT2D eigenvalue weighted by molar-refractivity contribution is -0.113. The molecule has 124 valence electrons. The number of rotatable bonds is 5. The first-order chi connectivity index (χ1) is 11.5. The van der Waals surface area contributed by atoms with Crippen molar-refractivity contribution in [2.24, 2.45) is 7.05 Å². The molecule has 0 saturated carbocycles. The molecule has 0 radical (unpaired) electrons. The van der Waals surface area contributed by atoms with Crippen LogP contribution in [0.4, 0.5) is 5.69 Å². The number of anilines is 1. The number of nitrogens with zero attached hydrogens (tertiary/aromatic N) is 3. The number of furan rings is 1. The molecule has 1 aromatic carbocycles. The van der Waals surface area contributed by atoms with Crippen molar-refractivity contribution in [1.82, 2.24) is 14.8 Å². The Morgan fingerprint density at radius 3 is 2.62 bits per heavy atom. The Bertz CT molecular complexity index is 852. The Morgan fingerprint density at radius 1 is 1.21 bits per heavy atom. The van der Waals surface area contributed by atoms with Crippen molar-refractivity contribution < 1.29 is 9.21 Å². The Hall–Kier alpha value is -2.54. The largest absolute Gasteiger partial charge is 0.469 e. The van der Waals surface area contributed by atoms with E-state index in [1.165, 1.54) is 11.8 Å². The molecule has 24 heavy (non-hydrogen) atoms. The van der Waals surface area contributed by atoms with E-state index in [1.54, 1.807) is 6.26 Å². The molecule has 2 heterocycles. The second-order valence-electron chi connectivity index (χ2n) is 5.46. The minimum Gasteiger partial charge on any atom is -0.469 e. The third-order valence-electron chi connectivity index (χ3n) is 3.60. The number of amides is 1. The van der Waals surface area contributed by atoms with Crippen molar-refractivity contribution in [2.75, 3.05) is 11.1 Å². The van der Waals surface area contributed by atoms with Crippen LogP contribution in [-0.2, 0) is 11.8 Å². The summed E-state index contributed by atoms with van der Waals surface area (Å²) in [5.74, 6) is 1.71. The topological polar surface area (TPSA) is 73.0 Å². The number of carbonyl (C=O) groups excluding carboxylic acids is 1. The van der Waals surface area contributed by atoms with Gasteiger partial charge in [0.2, 0.25) is 5.91 Å². The lowest BCUT2D eigenvalue weighted by Gasteiger charge is -2.06. The molecular formula is C17H18N4O2S. The molecule has 6 nitrogen and oxygen atoms in total. The average Bonchev–Trinajstić information content (AvgIpc) is 3.13. The number of hydrogen-bond acceptors (Lipinski definition) is 5. The number of carbonyl (C=O) groups is 1. The van der Waals surface area contributed by atoms with Crippen molar-refractivity contribution in [3.05, 3.63) is 47.9 Å². The van der Waals surface area contributed by atoms with E-state index in [-0.39, 0.29) is 11.7 Å². The molecular weight excluding hydrogens is 324 g/mol. The molecule has 0 spiro atoms. The van der Waals surface area contributed by atoms with Gasteiger partial charge in [-0.2, -0.15) is 0 Å². The van der Waals surface area contributed by atoms with E-state index in [2.05, 4.69) is 15.5 Å². The predicted octanol–water partition coefficient (Wildman–Crippen LogP) is 3.42. The van der Waals surface area contributed by atoms with Crippen LogP contribution in [0.2, 0.25) is 0 Å². The van der Waals surface area contributed by atoms with E-state index < -0.39 is 0 Å². The fourth-order valence-corrected chi connectivity index (χ4v) is 2.97. The van der Waals surface area contributed by atoms with Crippen LogP contribution >= 0.6 is 11.8 Å². The Balaban J connectivity index is 1.63. The minimum atomic E-state index is -0.0760. The Labute approximate surface area is 144 Å². The van der Waals surface area contributed by atoms with Gasteiger partial charge in [-0.1, -0.05) is 29.5 Å². The Kier molecular flexibility index (Phi) is 4.71. The van der Waals surface area contributed by atoms with E-state index in [0.29, 0.717) is 5.16 Å². The molecule has 7 heteroatoms. The quantitative estimate of drug-likeness (QED) is 0.719. The smallest absolute Gasteiger partial charge is 0.234 e. The number of benzene rings is 1. The average molecular weight is 342 g/mol. The number of aromatic nitrogens is 3. The van der Waals surface area contributed by atoms with Crippen LogP contribution in [0.15, 0.2) is 46.2 Å². The lowest BCUT2D eigenvalue weighted by atomic mass is 10.2. The summed E-state index contributed by atoms with van der Waals surface area (Å²) >= 11 is 1.35. The van der Waals surface area contributed by atoms with Crippen LogP contribution in [0.1, 0.15) is 11.3 Å². The van der Waals surface area contributed by atoms with Gasteiger partial charge in [-0.15, -0.1) is 10.2 Å². The van der Waals surface area contributed by atoms with E-state index in [1.807, 2.05) is 55.8 Å². The third kappa shape index (κ3) is 3.51. The third-order valence-corrected chi connectivity index (χ3v) is 4.62. The van der Waals surface area contributed by atoms with Crippen molar-refractivity contribution in [1.29, 1.82) is 0 Å². The lowest BCUT2D eigenvalue weighted by Crippen LogP contribution is -2.14. The number of aryl methyl sites for hydroxylation is 2. The molecule has 0 aliphatic carbocycles. The molecule has 2 aromatic heterocycles. The van der Waals surface area contributed by atoms with Gasteiger partial charge in [-0.05, 0) is 32.0 Å². The van der Waals surface area contributed by atoms with E-state index in [4.69, 9.17) is 4.42 Å². The second kappa shape index (κ2) is 6.92. The molecule has 3 rings (SSSR count). The van der Waals surface area contributed by atoms with Gasteiger partial charge in [0, 0.05) is 12.7 Å². The summed E-state index contributed by atoms with van der Waals surface area (Å²) < 4.78 is 7.17. The highest BCUT2D eigenvalue weighted by Gasteiger charge is 2.15. The summed E-state index contributed by atoms with van der Waals surface area (Å²) in [4.78, 5) is 12.1. The molecule has 0 saturated heterocycles. The highest BCUT2D eigenvalue weighted by Crippen LogP contribution is 2.25. The van der Waals surface area contributed by atoms with Crippen molar-refractivity contribution in [3.8, 4) is 11.4 Å². The first kappa shape index (κ1) is 16.3. The number of hydrogen-bond donors (Lipinski definition) is 1. The number of thioether (sulfide) groups is 1. The molecule has 0 aliphatic rings. The molecule has 1 amide bonds. The standard InChI is InChI=1S/C17H18N4O2S/c1-11-4-6-13(7-5-11)18-15(22)10-24-17-20-19-16(21(17)3)14-8-9-23-12(14)2/h4-9H,10H2,1-3H3,(H,18,22). The van der Waals surface area contributed by atoms with Gasteiger partial charge >= 0.3 is 0 Å². The summed E-state index contributed by atoms with van der Waals surface area (Å²) in [5, 5.41) is 11.9. The highest BCUT2D eigenvalue weighted by molar-refractivity contribution is 7.99. The second-order valence-corrected chi connectivity index (χ2v) is 6.40. The summed E-state index contributed by atoms with van der Waals surface area (Å²) in [6.45, 7) is 3.89. The molecule has 0 bridgehead atoms. The molecule has 0 unspecified atom stereocenters. The maximum Gasteiger partial charge on any atom is 0.234 e. The van der Waals surface area contributed by atoms with Crippen LogP contribution in [-0.4, -0.2) is 26.4 Å². The maximum atomic E-state index is 12.1. The maximum absolute atomic E-state index is 12.1. The zero-order valence-electron chi connectivity index (χ0n) is 13.7. The van der Waals surface area contributed by atoms with Crippen LogP contribution in [0.25, 0.3) is 11.4 Å². The zero-order valence-corrected chi connectivity index (χ0v) is 14.6. The first-order valence-electron chi connectivity index (χ1n) is 7.48. The van der Waals surface area contributed by atoms with E-state index in [0.717, 1.165) is 28.4 Å². The normalized spacial score (nSPS) is 10.8. The summed E-state index contributed by atoms with van der Waals surface area (Å²) in [6, 6.07) is 9.56. The van der Waals surface area contributed by atoms with Gasteiger partial charge in [0.1, 0.15) is 5.76 Å². The monoisotopic (exact) mass is 342 g/mol. The van der Waals surface area contributed by atoms with Crippen LogP contribution in [0.3, 0.4) is 0 Å². The van der Waals surface area contributed by atoms with Crippen molar-refractivity contribution >= 4 is 23.4 Å². The zero-order chi connectivity index (χ0) is 17.1. The van der Waals surface area contributed by atoms with Gasteiger partial charge in [-0.25, -0.2) is 0 Å². The molecule has 0 aliphatic heterocycles. The van der Waals surface area contributed by atoms with Crippen molar-refractivity contribution in [2.45, 2.75) is 19.0 Å². The number of nitrogens with one attached hydrogen (secondary N) is 1. The molecule has 0 fully saturated rings. The van der Waals surface area contributed by atoms with Gasteiger partial charge < -0.3 is 14.3 Å². The fraction of sp³-hybridized carbons (Fsp3) is 0.235. The SMILES string of the molecule is Cc1ccc(NC(=O)CSc2nnc(-c3ccoc3C)n2C)cc1. The van der Waals surface area contributed by atoms with Gasteiger partial charge in [-0.3, -0.25) is 4.79 Å². The first-order valence-corrected chi connectivity index (χ1v) is 8.46. The molecule has 3 aromatic rings. The fourth-order valence-electron chi connectivity index (χ4n) is 2.26. The summed E-state index contributed by atoms with van der Waals surface area (Å²) in [5.41, 5.74) is 2.85. The Morgan fingerprint density at radius 2 is 1.96 bits per heavy atom. The molecule has 0 atom stereocenters. The molecule has 1 N–H and O–H groups in total. The van der Waals surface area contributed by atoms with E-state index in [9.17, 15) is 4.79 Å².